The number of nitrogens with zero attached hydrogens (tertiary/aromatic N) is 4. The highest BCUT2D eigenvalue weighted by Crippen LogP contribution is 2.44. The van der Waals surface area contributed by atoms with Crippen LogP contribution in [0.15, 0.2) is 102 Å². The molecule has 17 heteroatoms. The maximum atomic E-state index is 14.5. The number of rotatable bonds is 17. The smallest absolute Gasteiger partial charge is 0.414 e. The van der Waals surface area contributed by atoms with E-state index in [0.717, 1.165) is 28.9 Å². The molecule has 5 aromatic carbocycles. The number of carbonyl (C=O) groups is 5. The van der Waals surface area contributed by atoms with Crippen molar-refractivity contribution in [2.24, 2.45) is 16.6 Å². The Kier molecular flexibility index (Phi) is 14.5. The molecule has 0 aliphatic carbocycles. The van der Waals surface area contributed by atoms with Gasteiger partial charge < -0.3 is 45.0 Å². The molecule has 0 bridgehead atoms. The molecule has 5 aromatic rings. The van der Waals surface area contributed by atoms with Gasteiger partial charge in [0.2, 0.25) is 11.8 Å². The molecule has 374 valence electrons. The third-order valence-corrected chi connectivity index (χ3v) is 13.5. The number of unbranched alkanes of at least 4 members (excludes halogenated alkanes) is 2. The summed E-state index contributed by atoms with van der Waals surface area (Å²) >= 11 is 0. The number of methoxy groups -OCH3 is 2. The fourth-order valence-corrected chi connectivity index (χ4v) is 9.48. The molecule has 4 aliphatic rings. The molecule has 9 rings (SSSR count). The summed E-state index contributed by atoms with van der Waals surface area (Å²) in [6, 6.07) is 27.1. The van der Waals surface area contributed by atoms with Crippen molar-refractivity contribution in [3.63, 3.8) is 0 Å². The van der Waals surface area contributed by atoms with E-state index in [1.165, 1.54) is 12.0 Å². The van der Waals surface area contributed by atoms with Crippen LogP contribution in [-0.2, 0) is 33.8 Å². The molecular formula is C55H59N7O10. The maximum absolute atomic E-state index is 14.5. The largest absolute Gasteiger partial charge is 0.493 e. The van der Waals surface area contributed by atoms with Crippen molar-refractivity contribution in [3.8, 4) is 23.0 Å². The van der Waals surface area contributed by atoms with Gasteiger partial charge in [-0.05, 0) is 91.6 Å². The monoisotopic (exact) mass is 977 g/mol. The summed E-state index contributed by atoms with van der Waals surface area (Å²) < 4.78 is 29.9. The number of carbonyl (C=O) groups excluding carboxylic acids is 5. The molecule has 4 N–H and O–H groups in total. The van der Waals surface area contributed by atoms with Gasteiger partial charge in [0.15, 0.2) is 23.0 Å². The minimum Gasteiger partial charge on any atom is -0.493 e. The standard InChI is InChI=1S/C55H59N7O10/c1-32(2)50(56)52(64)58-33(3)51(63)59-37-19-17-34(18-20-37)31-72-55(67)60-30-39-24-36-14-8-10-16-44(36)62(39)54(66)41-26-47(69-5)49(28-45(41)60)71-22-12-6-11-21-70-48-27-42-40(25-46(48)68-4)53(65)61-38(29-57-42)23-35-13-7-9-15-43(35)61/h7-10,13-20,25-29,32-33,38-39,50H,6,11-12,21-24,30-31,56H2,1-5H3,(H,58,64)(H,59,63)/t33-,38-,39-,50-/m0/s1. The van der Waals surface area contributed by atoms with Crippen molar-refractivity contribution in [1.29, 1.82) is 0 Å². The summed E-state index contributed by atoms with van der Waals surface area (Å²) in [6.45, 7) is 6.00. The van der Waals surface area contributed by atoms with Gasteiger partial charge in [-0.1, -0.05) is 62.4 Å². The van der Waals surface area contributed by atoms with E-state index in [2.05, 4.69) is 10.6 Å². The zero-order chi connectivity index (χ0) is 50.6. The average molecular weight is 978 g/mol. The van der Waals surface area contributed by atoms with Crippen LogP contribution in [0.5, 0.6) is 23.0 Å². The van der Waals surface area contributed by atoms with Crippen LogP contribution in [0, 0.1) is 5.92 Å². The summed E-state index contributed by atoms with van der Waals surface area (Å²) in [5.74, 6) is 0.339. The van der Waals surface area contributed by atoms with Crippen molar-refractivity contribution in [2.45, 2.75) is 83.6 Å². The summed E-state index contributed by atoms with van der Waals surface area (Å²) in [6.07, 6.45) is 4.52. The van der Waals surface area contributed by atoms with Crippen LogP contribution in [0.4, 0.5) is 33.2 Å². The van der Waals surface area contributed by atoms with Crippen molar-refractivity contribution in [1.82, 2.24) is 5.32 Å². The van der Waals surface area contributed by atoms with E-state index >= 15 is 0 Å². The number of aliphatic imine (C=N–C) groups is 1. The molecule has 17 nitrogen and oxygen atoms in total. The van der Waals surface area contributed by atoms with E-state index in [-0.39, 0.29) is 48.5 Å². The molecule has 0 saturated carbocycles. The Bertz CT molecular complexity index is 2920. The minimum atomic E-state index is -0.820. The van der Waals surface area contributed by atoms with Crippen LogP contribution in [0.25, 0.3) is 0 Å². The van der Waals surface area contributed by atoms with Gasteiger partial charge in [0.1, 0.15) is 12.6 Å². The first-order valence-corrected chi connectivity index (χ1v) is 24.3. The topological polar surface area (TPSA) is 204 Å². The number of ether oxygens (including phenoxy) is 5. The summed E-state index contributed by atoms with van der Waals surface area (Å²) in [4.78, 5) is 77.5. The van der Waals surface area contributed by atoms with E-state index in [1.54, 1.807) is 72.4 Å². The summed E-state index contributed by atoms with van der Waals surface area (Å²) in [5.41, 5.74) is 12.5. The Hall–Kier alpha value is -7.92. The predicted octanol–water partition coefficient (Wildman–Crippen LogP) is 7.77. The zero-order valence-electron chi connectivity index (χ0n) is 41.0. The minimum absolute atomic E-state index is 0.0842. The number of para-hydroxylation sites is 2. The number of hydrogen-bond donors (Lipinski definition) is 3. The fourth-order valence-electron chi connectivity index (χ4n) is 9.48. The van der Waals surface area contributed by atoms with E-state index in [9.17, 15) is 24.0 Å². The lowest BCUT2D eigenvalue weighted by atomic mass is 10.0. The Morgan fingerprint density at radius 3 is 1.99 bits per heavy atom. The highest BCUT2D eigenvalue weighted by molar-refractivity contribution is 6.15. The Morgan fingerprint density at radius 1 is 0.708 bits per heavy atom. The van der Waals surface area contributed by atoms with E-state index in [4.69, 9.17) is 34.4 Å². The lowest BCUT2D eigenvalue weighted by Gasteiger charge is -2.26. The summed E-state index contributed by atoms with van der Waals surface area (Å²) in [7, 11) is 3.05. The third-order valence-electron chi connectivity index (χ3n) is 13.5. The number of hydrogen-bond acceptors (Lipinski definition) is 12. The second kappa shape index (κ2) is 21.2. The predicted molar refractivity (Wildman–Crippen MR) is 273 cm³/mol. The van der Waals surface area contributed by atoms with Crippen LogP contribution in [0.1, 0.15) is 77.4 Å². The van der Waals surface area contributed by atoms with Crippen LogP contribution in [0.2, 0.25) is 0 Å². The highest BCUT2D eigenvalue weighted by Gasteiger charge is 2.42. The maximum Gasteiger partial charge on any atom is 0.414 e. The Morgan fingerprint density at radius 2 is 1.32 bits per heavy atom. The molecule has 4 atom stereocenters. The highest BCUT2D eigenvalue weighted by atomic mass is 16.6. The molecule has 0 fully saturated rings. The van der Waals surface area contributed by atoms with Gasteiger partial charge in [0.05, 0.1) is 74.6 Å². The van der Waals surface area contributed by atoms with Crippen molar-refractivity contribution >= 4 is 64.4 Å². The SMILES string of the molecule is COc1cc2c(cc1OCCCCCOc1cc3c(cc1OC)C(=O)N1c4ccccc4C[C@H]1CN3C(=O)OCc1ccc(NC(=O)[C@H](C)NC(=O)[C@@H](N)C(C)C)cc1)N=C[C@@H]1Cc3ccccc3N1C2=O. The van der Waals surface area contributed by atoms with Crippen LogP contribution in [0.3, 0.4) is 0 Å². The molecule has 0 saturated heterocycles. The van der Waals surface area contributed by atoms with Gasteiger partial charge in [0, 0.05) is 41.8 Å². The number of anilines is 4. The molecule has 5 amide bonds. The Balaban J connectivity index is 0.834. The second-order valence-corrected chi connectivity index (χ2v) is 18.7. The number of fused-ring (bicyclic) bond motifs is 8. The summed E-state index contributed by atoms with van der Waals surface area (Å²) in [5, 5.41) is 5.43. The first kappa shape index (κ1) is 49.1. The van der Waals surface area contributed by atoms with Crippen LogP contribution in [-0.4, -0.2) is 94.1 Å². The van der Waals surface area contributed by atoms with Crippen LogP contribution >= 0.6 is 0 Å². The lowest BCUT2D eigenvalue weighted by Crippen LogP contribution is -2.50. The fraction of sp³-hybridized carbons (Fsp3) is 0.345. The van der Waals surface area contributed by atoms with Gasteiger partial charge in [-0.25, -0.2) is 4.79 Å². The van der Waals surface area contributed by atoms with Gasteiger partial charge in [-0.2, -0.15) is 0 Å². The number of benzene rings is 5. The molecule has 0 radical (unpaired) electrons. The molecule has 72 heavy (non-hydrogen) atoms. The molecular weight excluding hydrogens is 919 g/mol. The van der Waals surface area contributed by atoms with Crippen LogP contribution < -0.4 is 50.0 Å². The normalized spacial score (nSPS) is 17.0. The molecule has 0 unspecified atom stereocenters. The third kappa shape index (κ3) is 10.0. The number of amides is 5. The first-order chi connectivity index (χ1) is 34.8. The number of nitrogens with two attached hydrogens (primary N) is 1. The van der Waals surface area contributed by atoms with E-state index in [0.29, 0.717) is 90.1 Å². The average Bonchev–Trinajstić information content (AvgIpc) is 3.88. The molecule has 0 spiro atoms. The van der Waals surface area contributed by atoms with E-state index < -0.39 is 30.0 Å². The van der Waals surface area contributed by atoms with Gasteiger partial charge in [-0.3, -0.25) is 34.0 Å². The number of nitrogens with one attached hydrogen (secondary N) is 2. The van der Waals surface area contributed by atoms with Gasteiger partial charge >= 0.3 is 6.09 Å². The van der Waals surface area contributed by atoms with E-state index in [1.807, 2.05) is 68.6 Å². The quantitative estimate of drug-likeness (QED) is 0.0768. The van der Waals surface area contributed by atoms with Crippen molar-refractivity contribution in [2.75, 3.05) is 54.0 Å². The zero-order valence-corrected chi connectivity index (χ0v) is 41.0. The van der Waals surface area contributed by atoms with Gasteiger partial charge in [-0.15, -0.1) is 0 Å². The lowest BCUT2D eigenvalue weighted by molar-refractivity contribution is -0.127. The molecule has 0 aromatic heterocycles. The Labute approximate surface area is 418 Å². The van der Waals surface area contributed by atoms with Gasteiger partial charge in [0.25, 0.3) is 11.8 Å². The first-order valence-electron chi connectivity index (χ1n) is 24.3. The van der Waals surface area contributed by atoms with Crippen molar-refractivity contribution < 1.29 is 47.7 Å². The second-order valence-electron chi connectivity index (χ2n) is 18.7. The molecule has 4 heterocycles. The molecule has 4 aliphatic heterocycles. The van der Waals surface area contributed by atoms with Crippen molar-refractivity contribution in [3.05, 3.63) is 125 Å².